The zero-order chi connectivity index (χ0) is 11.8. The van der Waals surface area contributed by atoms with Gasteiger partial charge in [0.25, 0.3) is 0 Å². The minimum absolute atomic E-state index is 0.537. The Morgan fingerprint density at radius 3 is 2.82 bits per heavy atom. The van der Waals surface area contributed by atoms with Crippen molar-refractivity contribution in [3.63, 3.8) is 0 Å². The first-order chi connectivity index (χ1) is 8.25. The lowest BCUT2D eigenvalue weighted by Gasteiger charge is -2.30. The number of halogens is 1. The second-order valence-electron chi connectivity index (χ2n) is 4.66. The van der Waals surface area contributed by atoms with Gasteiger partial charge in [-0.05, 0) is 39.0 Å². The van der Waals surface area contributed by atoms with E-state index in [0.29, 0.717) is 11.2 Å². The largest absolute Gasteiger partial charge is 0.329 e. The quantitative estimate of drug-likeness (QED) is 0.729. The van der Waals surface area contributed by atoms with E-state index < -0.39 is 0 Å². The van der Waals surface area contributed by atoms with Crippen LogP contribution in [0.4, 0.5) is 0 Å². The van der Waals surface area contributed by atoms with E-state index in [1.54, 1.807) is 0 Å². The number of hydrogen-bond acceptors (Lipinski definition) is 3. The van der Waals surface area contributed by atoms with Crippen LogP contribution in [0.15, 0.2) is 18.6 Å². The van der Waals surface area contributed by atoms with Crippen LogP contribution in [-0.4, -0.2) is 39.6 Å². The van der Waals surface area contributed by atoms with Crippen molar-refractivity contribution in [2.75, 3.05) is 20.1 Å². The molecule has 0 atom stereocenters. The van der Waals surface area contributed by atoms with Gasteiger partial charge in [-0.1, -0.05) is 11.6 Å². The second kappa shape index (κ2) is 4.27. The minimum atomic E-state index is 0.537. The van der Waals surface area contributed by atoms with E-state index in [2.05, 4.69) is 32.7 Å². The first-order valence-electron chi connectivity index (χ1n) is 5.91. The maximum absolute atomic E-state index is 6.06. The van der Waals surface area contributed by atoms with Crippen LogP contribution in [0, 0.1) is 0 Å². The monoisotopic (exact) mass is 250 g/mol. The fourth-order valence-corrected chi connectivity index (χ4v) is 2.70. The van der Waals surface area contributed by atoms with Crippen molar-refractivity contribution in [3.05, 3.63) is 23.7 Å². The predicted octanol–water partition coefficient (Wildman–Crippen LogP) is 2.35. The van der Waals surface area contributed by atoms with Crippen molar-refractivity contribution < 1.29 is 0 Å². The number of likely N-dealkylation sites (tertiary alicyclic amines) is 1. The molecule has 5 heteroatoms. The summed E-state index contributed by atoms with van der Waals surface area (Å²) in [6, 6.07) is 2.55. The molecule has 1 aliphatic heterocycles. The van der Waals surface area contributed by atoms with Crippen LogP contribution in [0.2, 0.25) is 5.15 Å². The van der Waals surface area contributed by atoms with Crippen LogP contribution in [0.1, 0.15) is 18.9 Å². The lowest BCUT2D eigenvalue weighted by Crippen LogP contribution is -2.31. The summed E-state index contributed by atoms with van der Waals surface area (Å²) in [5.74, 6) is 0. The highest BCUT2D eigenvalue weighted by Gasteiger charge is 2.20. The van der Waals surface area contributed by atoms with E-state index in [0.717, 1.165) is 24.1 Å². The third-order valence-corrected chi connectivity index (χ3v) is 3.84. The summed E-state index contributed by atoms with van der Waals surface area (Å²) in [5, 5.41) is 1.50. The zero-order valence-corrected chi connectivity index (χ0v) is 10.6. The lowest BCUT2D eigenvalue weighted by atomic mass is 10.1. The van der Waals surface area contributed by atoms with Gasteiger partial charge >= 0.3 is 0 Å². The van der Waals surface area contributed by atoms with Crippen LogP contribution < -0.4 is 0 Å². The molecule has 0 aliphatic carbocycles. The smallest absolute Gasteiger partial charge is 0.145 e. The van der Waals surface area contributed by atoms with Gasteiger partial charge < -0.3 is 9.47 Å². The normalized spacial score (nSPS) is 18.9. The highest BCUT2D eigenvalue weighted by molar-refractivity contribution is 6.33. The molecular formula is C12H15ClN4. The maximum atomic E-state index is 6.06. The van der Waals surface area contributed by atoms with Gasteiger partial charge in [0.05, 0.1) is 5.39 Å². The number of fused-ring (bicyclic) bond motifs is 1. The molecule has 0 radical (unpaired) electrons. The number of rotatable bonds is 1. The van der Waals surface area contributed by atoms with Crippen LogP contribution in [0.25, 0.3) is 11.0 Å². The molecule has 17 heavy (non-hydrogen) atoms. The molecule has 0 bridgehead atoms. The number of piperidine rings is 1. The Kier molecular flexibility index (Phi) is 2.76. The van der Waals surface area contributed by atoms with Crippen molar-refractivity contribution in [3.8, 4) is 0 Å². The van der Waals surface area contributed by atoms with Gasteiger partial charge in [-0.3, -0.25) is 0 Å². The molecule has 3 rings (SSSR count). The Hall–Kier alpha value is -1.13. The second-order valence-corrected chi connectivity index (χ2v) is 5.02. The molecule has 1 fully saturated rings. The van der Waals surface area contributed by atoms with Crippen molar-refractivity contribution in [2.24, 2.45) is 0 Å². The Labute approximate surface area is 105 Å². The number of hydrogen-bond donors (Lipinski definition) is 0. The fourth-order valence-electron chi connectivity index (χ4n) is 2.51. The van der Waals surface area contributed by atoms with E-state index in [1.165, 1.54) is 19.2 Å². The van der Waals surface area contributed by atoms with E-state index in [1.807, 2.05) is 6.07 Å². The molecule has 0 amide bonds. The molecule has 90 valence electrons. The summed E-state index contributed by atoms with van der Waals surface area (Å²) in [7, 11) is 2.17. The van der Waals surface area contributed by atoms with Gasteiger partial charge in [-0.15, -0.1) is 0 Å². The highest BCUT2D eigenvalue weighted by atomic mass is 35.5. The lowest BCUT2D eigenvalue weighted by molar-refractivity contribution is 0.223. The molecule has 1 saturated heterocycles. The highest BCUT2D eigenvalue weighted by Crippen LogP contribution is 2.28. The van der Waals surface area contributed by atoms with Crippen molar-refractivity contribution in [1.82, 2.24) is 19.4 Å². The fraction of sp³-hybridized carbons (Fsp3) is 0.500. The van der Waals surface area contributed by atoms with E-state index in [-0.39, 0.29) is 0 Å². The molecule has 1 aliphatic rings. The summed E-state index contributed by atoms with van der Waals surface area (Å²) < 4.78 is 2.25. The SMILES string of the molecule is CN1CCC(n2ccc3c(Cl)ncnc32)CC1. The average molecular weight is 251 g/mol. The number of nitrogens with zero attached hydrogens (tertiary/aromatic N) is 4. The van der Waals surface area contributed by atoms with E-state index >= 15 is 0 Å². The Morgan fingerprint density at radius 1 is 1.29 bits per heavy atom. The maximum Gasteiger partial charge on any atom is 0.145 e. The van der Waals surface area contributed by atoms with Crippen molar-refractivity contribution in [1.29, 1.82) is 0 Å². The van der Waals surface area contributed by atoms with Gasteiger partial charge in [0.15, 0.2) is 0 Å². The van der Waals surface area contributed by atoms with Crippen molar-refractivity contribution >= 4 is 22.6 Å². The summed E-state index contributed by atoms with van der Waals surface area (Å²) in [6.45, 7) is 2.28. The summed E-state index contributed by atoms with van der Waals surface area (Å²) in [4.78, 5) is 10.7. The number of aromatic nitrogens is 3. The van der Waals surface area contributed by atoms with Gasteiger partial charge in [-0.2, -0.15) is 0 Å². The Bertz CT molecular complexity index is 528. The average Bonchev–Trinajstić information content (AvgIpc) is 2.75. The topological polar surface area (TPSA) is 34.0 Å². The molecular weight excluding hydrogens is 236 g/mol. The first-order valence-corrected chi connectivity index (χ1v) is 6.29. The van der Waals surface area contributed by atoms with Crippen LogP contribution in [-0.2, 0) is 0 Å². The zero-order valence-electron chi connectivity index (χ0n) is 9.80. The molecule has 0 N–H and O–H groups in total. The Balaban J connectivity index is 1.98. The molecule has 4 nitrogen and oxygen atoms in total. The van der Waals surface area contributed by atoms with Crippen molar-refractivity contribution in [2.45, 2.75) is 18.9 Å². The van der Waals surface area contributed by atoms with Gasteiger partial charge in [-0.25, -0.2) is 9.97 Å². The third kappa shape index (κ3) is 1.91. The molecule has 0 spiro atoms. The molecule has 2 aromatic heterocycles. The molecule has 2 aromatic rings. The summed E-state index contributed by atoms with van der Waals surface area (Å²) >= 11 is 6.06. The molecule has 3 heterocycles. The van der Waals surface area contributed by atoms with Crippen LogP contribution >= 0.6 is 11.6 Å². The van der Waals surface area contributed by atoms with E-state index in [4.69, 9.17) is 11.6 Å². The van der Waals surface area contributed by atoms with Crippen LogP contribution in [0.3, 0.4) is 0 Å². The van der Waals surface area contributed by atoms with Crippen LogP contribution in [0.5, 0.6) is 0 Å². The first kappa shape index (κ1) is 11.0. The summed E-state index contributed by atoms with van der Waals surface area (Å²) in [6.07, 6.45) is 5.96. The molecule has 0 unspecified atom stereocenters. The standard InChI is InChI=1S/C12H15ClN4/c1-16-5-2-9(3-6-16)17-7-4-10-11(13)14-8-15-12(10)17/h4,7-9H,2-3,5-6H2,1H3. The molecule has 0 aromatic carbocycles. The van der Waals surface area contributed by atoms with E-state index in [9.17, 15) is 0 Å². The van der Waals surface area contributed by atoms with Gasteiger partial charge in [0.2, 0.25) is 0 Å². The minimum Gasteiger partial charge on any atom is -0.329 e. The van der Waals surface area contributed by atoms with Gasteiger partial charge in [0, 0.05) is 12.2 Å². The molecule has 0 saturated carbocycles. The summed E-state index contributed by atoms with van der Waals surface area (Å²) in [5.41, 5.74) is 0.958. The predicted molar refractivity (Wildman–Crippen MR) is 68.3 cm³/mol. The van der Waals surface area contributed by atoms with Gasteiger partial charge in [0.1, 0.15) is 17.1 Å². The Morgan fingerprint density at radius 2 is 2.06 bits per heavy atom. The third-order valence-electron chi connectivity index (χ3n) is 3.54.